The van der Waals surface area contributed by atoms with Gasteiger partial charge < -0.3 is 14.5 Å². The number of rotatable bonds is 5. The molecule has 0 aliphatic heterocycles. The highest BCUT2D eigenvalue weighted by molar-refractivity contribution is 7.99. The van der Waals surface area contributed by atoms with E-state index in [4.69, 9.17) is 9.15 Å². The molecule has 1 heterocycles. The molecule has 1 aromatic rings. The van der Waals surface area contributed by atoms with Crippen LogP contribution in [-0.4, -0.2) is 36.4 Å². The van der Waals surface area contributed by atoms with Crippen molar-refractivity contribution in [3.63, 3.8) is 0 Å². The largest absolute Gasteiger partial charge is 0.468 e. The number of aromatic nitrogens is 1. The first-order chi connectivity index (χ1) is 7.12. The first kappa shape index (κ1) is 12.1. The maximum atomic E-state index is 11.5. The number of hydrogen-bond donors (Lipinski definition) is 1. The number of nitrogens with one attached hydrogen (secondary N) is 1. The number of oxazole rings is 1. The van der Waals surface area contributed by atoms with Crippen LogP contribution in [0, 0.1) is 0 Å². The van der Waals surface area contributed by atoms with E-state index in [1.807, 2.05) is 0 Å². The van der Waals surface area contributed by atoms with Gasteiger partial charge in [-0.3, -0.25) is 4.79 Å². The predicted octanol–water partition coefficient (Wildman–Crippen LogP) is 0.918. The third kappa shape index (κ3) is 2.97. The highest BCUT2D eigenvalue weighted by Gasteiger charge is 2.33. The van der Waals surface area contributed by atoms with E-state index in [0.717, 1.165) is 0 Å². The summed E-state index contributed by atoms with van der Waals surface area (Å²) in [6, 6.07) is 0. The van der Waals surface area contributed by atoms with Crippen molar-refractivity contribution in [3.8, 4) is 0 Å². The van der Waals surface area contributed by atoms with Gasteiger partial charge in [-0.15, -0.1) is 0 Å². The van der Waals surface area contributed by atoms with E-state index in [2.05, 4.69) is 10.3 Å². The van der Waals surface area contributed by atoms with Crippen LogP contribution in [0.3, 0.4) is 0 Å². The minimum atomic E-state index is -0.728. The molecule has 0 spiro atoms. The Balaban J connectivity index is 2.57. The second-order valence-corrected chi connectivity index (χ2v) is 4.09. The van der Waals surface area contributed by atoms with Crippen LogP contribution in [0.1, 0.15) is 6.92 Å². The van der Waals surface area contributed by atoms with Crippen molar-refractivity contribution in [1.29, 1.82) is 0 Å². The summed E-state index contributed by atoms with van der Waals surface area (Å²) >= 11 is 1.36. The Hall–Kier alpha value is -1.01. The molecular weight excluding hydrogens is 216 g/mol. The zero-order valence-electron chi connectivity index (χ0n) is 8.94. The molecule has 6 heteroatoms. The lowest BCUT2D eigenvalue weighted by molar-refractivity contribution is -0.146. The van der Waals surface area contributed by atoms with Gasteiger partial charge in [0.1, 0.15) is 11.8 Å². The first-order valence-electron chi connectivity index (χ1n) is 4.42. The van der Waals surface area contributed by atoms with Crippen LogP contribution >= 0.6 is 11.8 Å². The standard InChI is InChI=1S/C9H14N2O3S/c1-9(10-2,7(12)13-3)6-15-8-11-4-5-14-8/h4-5,10H,6H2,1-3H3. The Kier molecular flexibility index (Phi) is 4.16. The van der Waals surface area contributed by atoms with E-state index in [9.17, 15) is 4.79 Å². The Morgan fingerprint density at radius 2 is 2.53 bits per heavy atom. The number of hydrogen-bond acceptors (Lipinski definition) is 6. The highest BCUT2D eigenvalue weighted by Crippen LogP contribution is 2.21. The molecule has 15 heavy (non-hydrogen) atoms. The fourth-order valence-corrected chi connectivity index (χ4v) is 1.88. The lowest BCUT2D eigenvalue weighted by Gasteiger charge is -2.24. The Morgan fingerprint density at radius 1 is 1.80 bits per heavy atom. The number of ether oxygens (including phenoxy) is 1. The second kappa shape index (κ2) is 5.18. The number of likely N-dealkylation sites (N-methyl/N-ethyl adjacent to an activating group) is 1. The molecule has 1 aromatic heterocycles. The molecule has 84 valence electrons. The lowest BCUT2D eigenvalue weighted by Crippen LogP contribution is -2.50. The van der Waals surface area contributed by atoms with E-state index in [1.165, 1.54) is 25.1 Å². The van der Waals surface area contributed by atoms with Gasteiger partial charge in [-0.2, -0.15) is 0 Å². The van der Waals surface area contributed by atoms with Crippen LogP contribution in [0.4, 0.5) is 0 Å². The van der Waals surface area contributed by atoms with Crippen molar-refractivity contribution in [2.75, 3.05) is 19.9 Å². The summed E-state index contributed by atoms with van der Waals surface area (Å²) in [5, 5.41) is 3.47. The minimum Gasteiger partial charge on any atom is -0.468 e. The predicted molar refractivity (Wildman–Crippen MR) is 56.7 cm³/mol. The SMILES string of the molecule is CNC(C)(CSc1ncco1)C(=O)OC. The monoisotopic (exact) mass is 230 g/mol. The third-order valence-electron chi connectivity index (χ3n) is 2.08. The van der Waals surface area contributed by atoms with Crippen LogP contribution in [0.25, 0.3) is 0 Å². The number of carbonyl (C=O) groups is 1. The number of carbonyl (C=O) groups excluding carboxylic acids is 1. The van der Waals surface area contributed by atoms with Crippen molar-refractivity contribution in [2.24, 2.45) is 0 Å². The number of thioether (sulfide) groups is 1. The summed E-state index contributed by atoms with van der Waals surface area (Å²) in [6.45, 7) is 1.77. The molecule has 0 saturated heterocycles. The maximum absolute atomic E-state index is 11.5. The summed E-state index contributed by atoms with van der Waals surface area (Å²) in [5.41, 5.74) is -0.728. The van der Waals surface area contributed by atoms with Crippen molar-refractivity contribution < 1.29 is 13.9 Å². The van der Waals surface area contributed by atoms with Crippen LogP contribution in [0.2, 0.25) is 0 Å². The van der Waals surface area contributed by atoms with Gasteiger partial charge in [0.25, 0.3) is 5.22 Å². The molecule has 0 saturated carbocycles. The Bertz CT molecular complexity index is 315. The molecule has 0 amide bonds. The van der Waals surface area contributed by atoms with E-state index in [1.54, 1.807) is 20.2 Å². The summed E-state index contributed by atoms with van der Waals surface area (Å²) in [4.78, 5) is 15.4. The van der Waals surface area contributed by atoms with E-state index >= 15 is 0 Å². The van der Waals surface area contributed by atoms with Gasteiger partial charge in [-0.05, 0) is 14.0 Å². The molecule has 0 aliphatic rings. The van der Waals surface area contributed by atoms with Gasteiger partial charge in [-0.25, -0.2) is 4.98 Å². The number of nitrogens with zero attached hydrogens (tertiary/aromatic N) is 1. The maximum Gasteiger partial charge on any atom is 0.326 e. The third-order valence-corrected chi connectivity index (χ3v) is 3.25. The van der Waals surface area contributed by atoms with Crippen LogP contribution < -0.4 is 5.32 Å². The van der Waals surface area contributed by atoms with Gasteiger partial charge in [0.2, 0.25) is 0 Å². The van der Waals surface area contributed by atoms with Gasteiger partial charge in [0, 0.05) is 5.75 Å². The van der Waals surface area contributed by atoms with Gasteiger partial charge >= 0.3 is 5.97 Å². The quantitative estimate of drug-likeness (QED) is 0.599. The smallest absolute Gasteiger partial charge is 0.326 e. The van der Waals surface area contributed by atoms with Crippen molar-refractivity contribution in [3.05, 3.63) is 12.5 Å². The summed E-state index contributed by atoms with van der Waals surface area (Å²) in [6.07, 6.45) is 3.06. The minimum absolute atomic E-state index is 0.302. The van der Waals surface area contributed by atoms with Crippen LogP contribution in [0.15, 0.2) is 22.1 Å². The van der Waals surface area contributed by atoms with Gasteiger partial charge in [0.05, 0.1) is 13.3 Å². The molecule has 0 aliphatic carbocycles. The number of esters is 1. The topological polar surface area (TPSA) is 64.4 Å². The van der Waals surface area contributed by atoms with E-state index in [-0.39, 0.29) is 5.97 Å². The second-order valence-electron chi connectivity index (χ2n) is 3.16. The Morgan fingerprint density at radius 3 is 3.00 bits per heavy atom. The number of methoxy groups -OCH3 is 1. The zero-order chi connectivity index (χ0) is 11.3. The van der Waals surface area contributed by atoms with Crippen molar-refractivity contribution in [1.82, 2.24) is 10.3 Å². The summed E-state index contributed by atoms with van der Waals surface area (Å²) in [7, 11) is 3.08. The molecule has 1 atom stereocenters. The average Bonchev–Trinajstić information content (AvgIpc) is 2.77. The molecule has 0 fully saturated rings. The van der Waals surface area contributed by atoms with E-state index in [0.29, 0.717) is 11.0 Å². The summed E-state index contributed by atoms with van der Waals surface area (Å²) < 4.78 is 9.77. The lowest BCUT2D eigenvalue weighted by atomic mass is 10.1. The fraction of sp³-hybridized carbons (Fsp3) is 0.556. The molecule has 1 N–H and O–H groups in total. The molecule has 0 aromatic carbocycles. The van der Waals surface area contributed by atoms with Gasteiger partial charge in [0.15, 0.2) is 0 Å². The first-order valence-corrected chi connectivity index (χ1v) is 5.40. The van der Waals surface area contributed by atoms with Crippen molar-refractivity contribution >= 4 is 17.7 Å². The molecule has 1 rings (SSSR count). The molecule has 5 nitrogen and oxygen atoms in total. The summed E-state index contributed by atoms with van der Waals surface area (Å²) in [5.74, 6) is 0.195. The molecule has 1 unspecified atom stereocenters. The van der Waals surface area contributed by atoms with E-state index < -0.39 is 5.54 Å². The Labute approximate surface area is 92.6 Å². The molecule has 0 bridgehead atoms. The molecule has 0 radical (unpaired) electrons. The van der Waals surface area contributed by atoms with Crippen LogP contribution in [0.5, 0.6) is 0 Å². The normalized spacial score (nSPS) is 14.6. The molecular formula is C9H14N2O3S. The highest BCUT2D eigenvalue weighted by atomic mass is 32.2. The van der Waals surface area contributed by atoms with Gasteiger partial charge in [-0.1, -0.05) is 11.8 Å². The van der Waals surface area contributed by atoms with Crippen molar-refractivity contribution in [2.45, 2.75) is 17.7 Å². The average molecular weight is 230 g/mol. The van der Waals surface area contributed by atoms with Crippen LogP contribution in [-0.2, 0) is 9.53 Å². The fourth-order valence-electron chi connectivity index (χ4n) is 0.946. The zero-order valence-corrected chi connectivity index (χ0v) is 9.76.